The molecule has 2 nitrogen and oxygen atoms in total. The highest BCUT2D eigenvalue weighted by molar-refractivity contribution is 5.33. The van der Waals surface area contributed by atoms with E-state index in [0.29, 0.717) is 5.92 Å². The van der Waals surface area contributed by atoms with E-state index >= 15 is 0 Å². The topological polar surface area (TPSA) is 29.5 Å². The first-order valence-corrected chi connectivity index (χ1v) is 7.34. The molecular formula is C17H26O2. The van der Waals surface area contributed by atoms with Crippen LogP contribution < -0.4 is 0 Å². The zero-order valence-electron chi connectivity index (χ0n) is 12.4. The molecule has 0 radical (unpaired) electrons. The largest absolute Gasteiger partial charge is 0.392 e. The predicted octanol–water partition coefficient (Wildman–Crippen LogP) is 3.67. The molecule has 0 fully saturated rings. The molecular weight excluding hydrogens is 236 g/mol. The molecule has 2 heteroatoms. The number of hydrogen-bond donors (Lipinski definition) is 1. The lowest BCUT2D eigenvalue weighted by molar-refractivity contribution is -0.000426. The van der Waals surface area contributed by atoms with E-state index in [2.05, 4.69) is 38.1 Å². The quantitative estimate of drug-likeness (QED) is 0.877. The highest BCUT2D eigenvalue weighted by Crippen LogP contribution is 2.36. The molecule has 1 aromatic rings. The number of fused-ring (bicyclic) bond motifs is 1. The molecule has 2 rings (SSSR count). The van der Waals surface area contributed by atoms with Crippen LogP contribution in [0.15, 0.2) is 24.3 Å². The van der Waals surface area contributed by atoms with Gasteiger partial charge < -0.3 is 9.84 Å². The number of rotatable bonds is 5. The van der Waals surface area contributed by atoms with E-state index in [9.17, 15) is 5.11 Å². The Hall–Kier alpha value is -0.860. The third-order valence-corrected chi connectivity index (χ3v) is 4.48. The van der Waals surface area contributed by atoms with Crippen molar-refractivity contribution in [3.05, 3.63) is 35.4 Å². The minimum Gasteiger partial charge on any atom is -0.392 e. The Labute approximate surface area is 116 Å². The summed E-state index contributed by atoms with van der Waals surface area (Å²) in [5, 5.41) is 10.5. The second kappa shape index (κ2) is 6.06. The molecule has 1 aromatic carbocycles. The fourth-order valence-electron chi connectivity index (χ4n) is 2.99. The number of methoxy groups -OCH3 is 1. The lowest BCUT2D eigenvalue weighted by Crippen LogP contribution is -2.28. The molecule has 0 aliphatic heterocycles. The number of aliphatic hydroxyl groups is 1. The normalized spacial score (nSPS) is 20.9. The van der Waals surface area contributed by atoms with Gasteiger partial charge in [0, 0.05) is 13.0 Å². The van der Waals surface area contributed by atoms with E-state index in [0.717, 1.165) is 25.7 Å². The van der Waals surface area contributed by atoms with Gasteiger partial charge in [-0.1, -0.05) is 24.3 Å². The molecule has 1 aliphatic carbocycles. The summed E-state index contributed by atoms with van der Waals surface area (Å²) in [6.45, 7) is 4.16. The molecule has 0 heterocycles. The van der Waals surface area contributed by atoms with Gasteiger partial charge in [-0.05, 0) is 57.1 Å². The van der Waals surface area contributed by atoms with Crippen molar-refractivity contribution in [2.75, 3.05) is 7.11 Å². The molecule has 1 N–H and O–H groups in total. The van der Waals surface area contributed by atoms with Crippen molar-refractivity contribution >= 4 is 0 Å². The average Bonchev–Trinajstić information content (AvgIpc) is 2.44. The highest BCUT2D eigenvalue weighted by atomic mass is 16.5. The summed E-state index contributed by atoms with van der Waals surface area (Å²) in [5.74, 6) is 0.303. The van der Waals surface area contributed by atoms with Gasteiger partial charge in [0.15, 0.2) is 0 Å². The molecule has 1 aliphatic rings. The van der Waals surface area contributed by atoms with Gasteiger partial charge in [-0.2, -0.15) is 0 Å². The minimum atomic E-state index is -0.254. The van der Waals surface area contributed by atoms with E-state index in [1.165, 1.54) is 17.5 Å². The third-order valence-electron chi connectivity index (χ3n) is 4.48. The zero-order valence-corrected chi connectivity index (χ0v) is 12.4. The van der Waals surface area contributed by atoms with E-state index in [-0.39, 0.29) is 11.7 Å². The van der Waals surface area contributed by atoms with Gasteiger partial charge >= 0.3 is 0 Å². The Kier molecular flexibility index (Phi) is 4.64. The van der Waals surface area contributed by atoms with Crippen LogP contribution in [0.4, 0.5) is 0 Å². The lowest BCUT2D eigenvalue weighted by atomic mass is 9.78. The summed E-state index contributed by atoms with van der Waals surface area (Å²) >= 11 is 0. The van der Waals surface area contributed by atoms with Crippen LogP contribution in [0, 0.1) is 0 Å². The van der Waals surface area contributed by atoms with Gasteiger partial charge in [0.05, 0.1) is 11.7 Å². The number of ether oxygens (including phenoxy) is 1. The van der Waals surface area contributed by atoms with Crippen LogP contribution in [0.1, 0.15) is 56.6 Å². The molecule has 0 saturated heterocycles. The van der Waals surface area contributed by atoms with Crippen LogP contribution >= 0.6 is 0 Å². The van der Waals surface area contributed by atoms with Crippen molar-refractivity contribution in [2.45, 2.75) is 63.6 Å². The average molecular weight is 262 g/mol. The molecule has 0 amide bonds. The lowest BCUT2D eigenvalue weighted by Gasteiger charge is -2.31. The van der Waals surface area contributed by atoms with Crippen LogP contribution in [-0.2, 0) is 11.2 Å². The van der Waals surface area contributed by atoms with Gasteiger partial charge in [0.2, 0.25) is 0 Å². The number of benzene rings is 1. The molecule has 2 atom stereocenters. The van der Waals surface area contributed by atoms with Gasteiger partial charge in [-0.15, -0.1) is 0 Å². The molecule has 106 valence electrons. The maximum absolute atomic E-state index is 10.5. The standard InChI is InChI=1S/C17H26O2/c1-17(2,19-3)12-11-16(18)15-10-6-8-13-7-4-5-9-14(13)15/h4-5,7,9,15-16,18H,6,8,10-12H2,1-3H3. The summed E-state index contributed by atoms with van der Waals surface area (Å²) in [6.07, 6.45) is 4.89. The van der Waals surface area contributed by atoms with Crippen molar-refractivity contribution < 1.29 is 9.84 Å². The van der Waals surface area contributed by atoms with Crippen LogP contribution in [-0.4, -0.2) is 23.9 Å². The van der Waals surface area contributed by atoms with Gasteiger partial charge in [-0.3, -0.25) is 0 Å². The van der Waals surface area contributed by atoms with Crippen LogP contribution in [0.2, 0.25) is 0 Å². The maximum atomic E-state index is 10.5. The first kappa shape index (κ1) is 14.5. The van der Waals surface area contributed by atoms with Crippen LogP contribution in [0.25, 0.3) is 0 Å². The summed E-state index contributed by atoms with van der Waals surface area (Å²) in [7, 11) is 1.74. The number of aliphatic hydroxyl groups excluding tert-OH is 1. The first-order chi connectivity index (χ1) is 9.03. The van der Waals surface area contributed by atoms with Crippen LogP contribution in [0.3, 0.4) is 0 Å². The summed E-state index contributed by atoms with van der Waals surface area (Å²) in [5.41, 5.74) is 2.63. The Morgan fingerprint density at radius 2 is 2.11 bits per heavy atom. The van der Waals surface area contributed by atoms with Crippen molar-refractivity contribution in [2.24, 2.45) is 0 Å². The Morgan fingerprint density at radius 1 is 1.37 bits per heavy atom. The Balaban J connectivity index is 2.03. The fourth-order valence-corrected chi connectivity index (χ4v) is 2.99. The fraction of sp³-hybridized carbons (Fsp3) is 0.647. The van der Waals surface area contributed by atoms with E-state index in [1.54, 1.807) is 7.11 Å². The third kappa shape index (κ3) is 3.58. The van der Waals surface area contributed by atoms with E-state index < -0.39 is 0 Å². The molecule has 0 aromatic heterocycles. The summed E-state index contributed by atoms with van der Waals surface area (Å²) in [6, 6.07) is 8.57. The van der Waals surface area contributed by atoms with Gasteiger partial charge in [0.1, 0.15) is 0 Å². The van der Waals surface area contributed by atoms with Crippen molar-refractivity contribution in [3.63, 3.8) is 0 Å². The minimum absolute atomic E-state index is 0.144. The first-order valence-electron chi connectivity index (χ1n) is 7.34. The Morgan fingerprint density at radius 3 is 2.84 bits per heavy atom. The van der Waals surface area contributed by atoms with Crippen molar-refractivity contribution in [3.8, 4) is 0 Å². The predicted molar refractivity (Wildman–Crippen MR) is 78.4 cm³/mol. The molecule has 2 unspecified atom stereocenters. The number of hydrogen-bond acceptors (Lipinski definition) is 2. The maximum Gasteiger partial charge on any atom is 0.0623 e. The van der Waals surface area contributed by atoms with Gasteiger partial charge in [0.25, 0.3) is 0 Å². The monoisotopic (exact) mass is 262 g/mol. The summed E-state index contributed by atoms with van der Waals surface area (Å²) in [4.78, 5) is 0. The molecule has 0 spiro atoms. The van der Waals surface area contributed by atoms with Crippen molar-refractivity contribution in [1.29, 1.82) is 0 Å². The molecule has 0 saturated carbocycles. The van der Waals surface area contributed by atoms with Crippen LogP contribution in [0.5, 0.6) is 0 Å². The summed E-state index contributed by atoms with van der Waals surface area (Å²) < 4.78 is 5.43. The van der Waals surface area contributed by atoms with E-state index in [4.69, 9.17) is 4.74 Å². The smallest absolute Gasteiger partial charge is 0.0623 e. The molecule has 0 bridgehead atoms. The zero-order chi connectivity index (χ0) is 13.9. The van der Waals surface area contributed by atoms with Crippen molar-refractivity contribution in [1.82, 2.24) is 0 Å². The Bertz CT molecular complexity index is 411. The highest BCUT2D eigenvalue weighted by Gasteiger charge is 2.28. The number of aryl methyl sites for hydroxylation is 1. The SMILES string of the molecule is COC(C)(C)CCC(O)C1CCCc2ccccc21. The second-order valence-corrected chi connectivity index (χ2v) is 6.27. The second-order valence-electron chi connectivity index (χ2n) is 6.27. The van der Waals surface area contributed by atoms with E-state index in [1.807, 2.05) is 0 Å². The van der Waals surface area contributed by atoms with Gasteiger partial charge in [-0.25, -0.2) is 0 Å². The molecule has 19 heavy (non-hydrogen) atoms.